The van der Waals surface area contributed by atoms with E-state index in [9.17, 15) is 33.9 Å². The molecule has 0 aromatic rings. The van der Waals surface area contributed by atoms with Crippen molar-refractivity contribution in [3.63, 3.8) is 0 Å². The van der Waals surface area contributed by atoms with Gasteiger partial charge in [0.1, 0.15) is 6.04 Å². The number of alkyl halides is 1. The van der Waals surface area contributed by atoms with E-state index in [1.807, 2.05) is 0 Å². The summed E-state index contributed by atoms with van der Waals surface area (Å²) in [7, 11) is 0. The van der Waals surface area contributed by atoms with Crippen LogP contribution in [0.25, 0.3) is 0 Å². The van der Waals surface area contributed by atoms with Gasteiger partial charge in [0, 0.05) is 45.3 Å². The number of carbonyl (C=O) groups is 6. The van der Waals surface area contributed by atoms with Crippen LogP contribution in [0.2, 0.25) is 0 Å². The first-order chi connectivity index (χ1) is 27.6. The van der Waals surface area contributed by atoms with Crippen LogP contribution in [0.3, 0.4) is 0 Å². The van der Waals surface area contributed by atoms with Gasteiger partial charge in [0.25, 0.3) is 0 Å². The number of nitrogens with one attached hydrogen (secondary N) is 4. The molecule has 0 aliphatic heterocycles. The Bertz CT molecular complexity index is 1060. The van der Waals surface area contributed by atoms with Crippen LogP contribution in [0.1, 0.15) is 135 Å². The Kier molecular flexibility index (Phi) is 39.2. The van der Waals surface area contributed by atoms with E-state index in [1.54, 1.807) is 0 Å². The smallest absolute Gasteiger partial charge is 0.326 e. The molecule has 0 aromatic heterocycles. The highest BCUT2D eigenvalue weighted by molar-refractivity contribution is 9.09. The van der Waals surface area contributed by atoms with Gasteiger partial charge in [0.15, 0.2) is 0 Å². The summed E-state index contributed by atoms with van der Waals surface area (Å²) >= 11 is 3.06. The molecule has 4 amide bonds. The van der Waals surface area contributed by atoms with E-state index in [2.05, 4.69) is 37.2 Å². The molecule has 0 radical (unpaired) electrons. The number of carboxylic acids is 2. The van der Waals surface area contributed by atoms with E-state index < -0.39 is 18.0 Å². The fourth-order valence-electron chi connectivity index (χ4n) is 5.63. The van der Waals surface area contributed by atoms with Crippen LogP contribution >= 0.6 is 15.9 Å². The number of halogens is 1. The number of rotatable bonds is 43. The zero-order chi connectivity index (χ0) is 42.0. The Morgan fingerprint density at radius 2 is 0.825 bits per heavy atom. The Hall–Kier alpha value is -2.86. The second-order valence-electron chi connectivity index (χ2n) is 13.9. The summed E-state index contributed by atoms with van der Waals surface area (Å²) in [6.45, 7) is 3.79. The monoisotopic (exact) mass is 880 g/mol. The number of hydrogen-bond donors (Lipinski definition) is 6. The molecule has 1 atom stereocenters. The zero-order valence-corrected chi connectivity index (χ0v) is 35.9. The summed E-state index contributed by atoms with van der Waals surface area (Å²) in [5, 5.41) is 29.3. The maximum Gasteiger partial charge on any atom is 0.326 e. The van der Waals surface area contributed by atoms with Crippen LogP contribution in [0, 0.1) is 0 Å². The van der Waals surface area contributed by atoms with Crippen LogP contribution in [0.15, 0.2) is 0 Å². The molecule has 0 rings (SSSR count). The van der Waals surface area contributed by atoms with Crippen molar-refractivity contribution in [2.75, 3.05) is 77.8 Å². The molecule has 0 heterocycles. The quantitative estimate of drug-likeness (QED) is 0.0364. The van der Waals surface area contributed by atoms with Crippen molar-refractivity contribution in [3.05, 3.63) is 0 Å². The minimum atomic E-state index is -1.06. The SMILES string of the molecule is O=C(O)CCCCCCCCCCCCCCCCC(=O)NC(CCCCNC(=O)CCOCCOCCNC(=O)CCOCCOCCNC(=O)CBr)C(=O)O. The minimum absolute atomic E-state index is 0.0997. The van der Waals surface area contributed by atoms with Gasteiger partial charge in [-0.05, 0) is 32.1 Å². The molecule has 0 fully saturated rings. The lowest BCUT2D eigenvalue weighted by Crippen LogP contribution is -2.40. The normalized spacial score (nSPS) is 11.5. The maximum atomic E-state index is 12.3. The first-order valence-corrected chi connectivity index (χ1v) is 22.2. The zero-order valence-electron chi connectivity index (χ0n) is 34.3. The lowest BCUT2D eigenvalue weighted by molar-refractivity contribution is -0.142. The molecule has 0 aliphatic carbocycles. The molecular formula is C40H73BrN4O12. The molecule has 0 saturated carbocycles. The molecule has 0 aromatic carbocycles. The second-order valence-corrected chi connectivity index (χ2v) is 14.5. The molecule has 1 unspecified atom stereocenters. The summed E-state index contributed by atoms with van der Waals surface area (Å²) in [6, 6.07) is -0.939. The lowest BCUT2D eigenvalue weighted by atomic mass is 10.0. The summed E-state index contributed by atoms with van der Waals surface area (Å²) in [4.78, 5) is 69.5. The van der Waals surface area contributed by atoms with Gasteiger partial charge in [-0.1, -0.05) is 93.0 Å². The topological polar surface area (TPSA) is 228 Å². The third kappa shape index (κ3) is 41.1. The van der Waals surface area contributed by atoms with Crippen LogP contribution < -0.4 is 21.3 Å². The second kappa shape index (κ2) is 41.3. The molecular weight excluding hydrogens is 808 g/mol. The van der Waals surface area contributed by atoms with Crippen molar-refractivity contribution < 1.29 is 57.9 Å². The molecule has 0 saturated heterocycles. The van der Waals surface area contributed by atoms with E-state index >= 15 is 0 Å². The Labute approximate surface area is 348 Å². The third-order valence-electron chi connectivity index (χ3n) is 8.87. The summed E-state index contributed by atoms with van der Waals surface area (Å²) in [5.74, 6) is -2.41. The van der Waals surface area contributed by atoms with Gasteiger partial charge in [-0.2, -0.15) is 0 Å². The molecule has 0 aliphatic rings. The third-order valence-corrected chi connectivity index (χ3v) is 9.38. The highest BCUT2D eigenvalue weighted by Gasteiger charge is 2.19. The van der Waals surface area contributed by atoms with E-state index in [-0.39, 0.29) is 61.4 Å². The number of carbonyl (C=O) groups excluding carboxylic acids is 4. The van der Waals surface area contributed by atoms with Gasteiger partial charge in [0.2, 0.25) is 23.6 Å². The van der Waals surface area contributed by atoms with E-state index in [4.69, 9.17) is 24.1 Å². The Balaban J connectivity index is 3.59. The van der Waals surface area contributed by atoms with Gasteiger partial charge >= 0.3 is 11.9 Å². The fraction of sp³-hybridized carbons (Fsp3) is 0.850. The van der Waals surface area contributed by atoms with E-state index in [0.717, 1.165) is 44.9 Å². The molecule has 0 spiro atoms. The average molecular weight is 882 g/mol. The van der Waals surface area contributed by atoms with Crippen molar-refractivity contribution in [1.29, 1.82) is 0 Å². The van der Waals surface area contributed by atoms with Crippen LogP contribution in [-0.2, 0) is 47.7 Å². The summed E-state index contributed by atoms with van der Waals surface area (Å²) in [6.07, 6.45) is 17.8. The van der Waals surface area contributed by atoms with Gasteiger partial charge < -0.3 is 50.4 Å². The van der Waals surface area contributed by atoms with Crippen molar-refractivity contribution in [2.24, 2.45) is 0 Å². The molecule has 6 N–H and O–H groups in total. The van der Waals surface area contributed by atoms with Crippen molar-refractivity contribution in [1.82, 2.24) is 21.3 Å². The van der Waals surface area contributed by atoms with Crippen molar-refractivity contribution in [2.45, 2.75) is 141 Å². The standard InChI is InChI=1S/C40H73BrN4O12/c41-33-38(49)44-24-28-57-32-30-55-26-21-36(47)43-23-27-56-31-29-54-25-20-35(46)42-22-16-15-17-34(40(52)53)45-37(48)18-13-11-9-7-5-3-1-2-4-6-8-10-12-14-19-39(50)51/h34H,1-33H2,(H,42,46)(H,43,47)(H,44,49)(H,45,48)(H,50,51)(H,52,53). The number of amides is 4. The first kappa shape index (κ1) is 54.1. The lowest BCUT2D eigenvalue weighted by Gasteiger charge is -2.14. The van der Waals surface area contributed by atoms with Gasteiger partial charge in [-0.15, -0.1) is 0 Å². The maximum absolute atomic E-state index is 12.3. The highest BCUT2D eigenvalue weighted by Crippen LogP contribution is 2.14. The van der Waals surface area contributed by atoms with Crippen molar-refractivity contribution >= 4 is 51.5 Å². The van der Waals surface area contributed by atoms with E-state index in [0.29, 0.717) is 85.0 Å². The average Bonchev–Trinajstić information content (AvgIpc) is 3.18. The number of unbranched alkanes of at least 4 members (excludes halogenated alkanes) is 14. The number of carboxylic acid groups (broad SMARTS) is 2. The summed E-state index contributed by atoms with van der Waals surface area (Å²) < 4.78 is 21.5. The molecule has 332 valence electrons. The fourth-order valence-corrected chi connectivity index (χ4v) is 5.83. The van der Waals surface area contributed by atoms with Crippen molar-refractivity contribution in [3.8, 4) is 0 Å². The summed E-state index contributed by atoms with van der Waals surface area (Å²) in [5.41, 5.74) is 0. The minimum Gasteiger partial charge on any atom is -0.481 e. The van der Waals surface area contributed by atoms with E-state index in [1.165, 1.54) is 44.9 Å². The first-order valence-electron chi connectivity index (χ1n) is 21.1. The van der Waals surface area contributed by atoms with Crippen LogP contribution in [0.4, 0.5) is 0 Å². The van der Waals surface area contributed by atoms with Crippen LogP contribution in [-0.4, -0.2) is 130 Å². The predicted octanol–water partition coefficient (Wildman–Crippen LogP) is 4.64. The van der Waals surface area contributed by atoms with Gasteiger partial charge in [-0.25, -0.2) is 4.79 Å². The predicted molar refractivity (Wildman–Crippen MR) is 220 cm³/mol. The number of aliphatic carboxylic acids is 2. The van der Waals surface area contributed by atoms with Gasteiger partial charge in [-0.3, -0.25) is 24.0 Å². The number of hydrogen-bond acceptors (Lipinski definition) is 10. The van der Waals surface area contributed by atoms with Crippen LogP contribution in [0.5, 0.6) is 0 Å². The Morgan fingerprint density at radius 3 is 1.26 bits per heavy atom. The Morgan fingerprint density at radius 1 is 0.421 bits per heavy atom. The highest BCUT2D eigenvalue weighted by atomic mass is 79.9. The largest absolute Gasteiger partial charge is 0.481 e. The molecule has 17 heteroatoms. The van der Waals surface area contributed by atoms with Gasteiger partial charge in [0.05, 0.1) is 58.2 Å². The molecule has 57 heavy (non-hydrogen) atoms. The molecule has 0 bridgehead atoms. The number of ether oxygens (including phenoxy) is 4. The molecule has 16 nitrogen and oxygen atoms in total.